The minimum absolute atomic E-state index is 0.225. The van der Waals surface area contributed by atoms with Crippen LogP contribution in [0.3, 0.4) is 0 Å². The first-order valence-corrected chi connectivity index (χ1v) is 8.84. The summed E-state index contributed by atoms with van der Waals surface area (Å²) in [7, 11) is 0. The lowest BCUT2D eigenvalue weighted by molar-refractivity contribution is 0.252. The van der Waals surface area contributed by atoms with Crippen LogP contribution in [0.25, 0.3) is 0 Å². The van der Waals surface area contributed by atoms with Crippen molar-refractivity contribution in [2.45, 2.75) is 53.0 Å². The van der Waals surface area contributed by atoms with Gasteiger partial charge in [-0.15, -0.1) is 0 Å². The van der Waals surface area contributed by atoms with Crippen molar-refractivity contribution in [3.05, 3.63) is 35.0 Å². The molecule has 0 aromatic carbocycles. The van der Waals surface area contributed by atoms with Gasteiger partial charge in [0.2, 0.25) is 0 Å². The van der Waals surface area contributed by atoms with Crippen LogP contribution in [-0.2, 0) is 6.42 Å². The molecule has 2 N–H and O–H groups in total. The van der Waals surface area contributed by atoms with Gasteiger partial charge in [-0.1, -0.05) is 0 Å². The maximum absolute atomic E-state index is 12.2. The molecule has 0 bridgehead atoms. The summed E-state index contributed by atoms with van der Waals surface area (Å²) in [5, 5.41) is 10.2. The molecule has 1 fully saturated rings. The maximum atomic E-state index is 12.2. The standard InChI is InChI=1S/C18H26N6O/c1-11-10-20-24(14(4)15-5-6-15)17(11)23-18(25)19-8-7-16-21-12(2)9-13(3)22-16/h9-10,14-15H,5-8H2,1-4H3,(H2,19,23,25). The summed E-state index contributed by atoms with van der Waals surface area (Å²) in [6.07, 6.45) is 4.88. The Morgan fingerprint density at radius 2 is 1.96 bits per heavy atom. The van der Waals surface area contributed by atoms with E-state index in [1.807, 2.05) is 31.5 Å². The van der Waals surface area contributed by atoms with Gasteiger partial charge in [0.25, 0.3) is 0 Å². The van der Waals surface area contributed by atoms with Crippen LogP contribution in [-0.4, -0.2) is 32.3 Å². The van der Waals surface area contributed by atoms with Crippen LogP contribution in [0.4, 0.5) is 10.6 Å². The molecule has 1 aliphatic carbocycles. The minimum atomic E-state index is -0.225. The largest absolute Gasteiger partial charge is 0.337 e. The predicted octanol–water partition coefficient (Wildman–Crippen LogP) is 2.93. The number of hydrogen-bond acceptors (Lipinski definition) is 4. The Morgan fingerprint density at radius 1 is 1.28 bits per heavy atom. The first kappa shape index (κ1) is 17.4. The van der Waals surface area contributed by atoms with Gasteiger partial charge in [0.05, 0.1) is 12.2 Å². The fourth-order valence-electron chi connectivity index (χ4n) is 3.04. The van der Waals surface area contributed by atoms with Crippen molar-refractivity contribution in [1.29, 1.82) is 0 Å². The average Bonchev–Trinajstić information content (AvgIpc) is 3.32. The summed E-state index contributed by atoms with van der Waals surface area (Å²) in [6.45, 7) is 8.50. The Labute approximate surface area is 148 Å². The van der Waals surface area contributed by atoms with Crippen molar-refractivity contribution in [3.8, 4) is 0 Å². The number of nitrogens with one attached hydrogen (secondary N) is 2. The molecule has 1 aliphatic rings. The van der Waals surface area contributed by atoms with Gasteiger partial charge in [-0.05, 0) is 52.5 Å². The third-order valence-corrected chi connectivity index (χ3v) is 4.56. The molecule has 2 amide bonds. The van der Waals surface area contributed by atoms with Crippen molar-refractivity contribution in [1.82, 2.24) is 25.1 Å². The van der Waals surface area contributed by atoms with Crippen LogP contribution in [0, 0.1) is 26.7 Å². The Hall–Kier alpha value is -2.44. The summed E-state index contributed by atoms with van der Waals surface area (Å²) in [6, 6.07) is 2.03. The molecule has 25 heavy (non-hydrogen) atoms. The van der Waals surface area contributed by atoms with E-state index in [0.717, 1.165) is 28.6 Å². The Morgan fingerprint density at radius 3 is 2.60 bits per heavy atom. The molecule has 1 saturated carbocycles. The number of urea groups is 1. The number of hydrogen-bond donors (Lipinski definition) is 2. The molecular formula is C18H26N6O. The van der Waals surface area contributed by atoms with Gasteiger partial charge in [-0.25, -0.2) is 19.4 Å². The Bertz CT molecular complexity index is 745. The zero-order valence-electron chi connectivity index (χ0n) is 15.3. The molecule has 7 nitrogen and oxygen atoms in total. The van der Waals surface area contributed by atoms with E-state index in [4.69, 9.17) is 0 Å². The maximum Gasteiger partial charge on any atom is 0.320 e. The number of aromatic nitrogens is 4. The van der Waals surface area contributed by atoms with Crippen LogP contribution in [0.1, 0.15) is 48.6 Å². The van der Waals surface area contributed by atoms with E-state index in [-0.39, 0.29) is 6.03 Å². The number of anilines is 1. The molecule has 2 heterocycles. The Kier molecular flexibility index (Phi) is 5.01. The van der Waals surface area contributed by atoms with Crippen LogP contribution in [0.2, 0.25) is 0 Å². The van der Waals surface area contributed by atoms with E-state index in [1.54, 1.807) is 6.20 Å². The van der Waals surface area contributed by atoms with Gasteiger partial charge < -0.3 is 5.32 Å². The van der Waals surface area contributed by atoms with Gasteiger partial charge >= 0.3 is 6.03 Å². The van der Waals surface area contributed by atoms with Gasteiger partial charge in [-0.3, -0.25) is 5.32 Å². The molecule has 2 aromatic rings. The molecule has 7 heteroatoms. The highest BCUT2D eigenvalue weighted by molar-refractivity contribution is 5.89. The molecule has 1 atom stereocenters. The predicted molar refractivity (Wildman–Crippen MR) is 96.6 cm³/mol. The number of aryl methyl sites for hydroxylation is 3. The fraction of sp³-hybridized carbons (Fsp3) is 0.556. The van der Waals surface area contributed by atoms with Crippen molar-refractivity contribution < 1.29 is 4.79 Å². The van der Waals surface area contributed by atoms with Crippen LogP contribution in [0.15, 0.2) is 12.3 Å². The molecule has 1 unspecified atom stereocenters. The first-order valence-electron chi connectivity index (χ1n) is 8.84. The zero-order valence-corrected chi connectivity index (χ0v) is 15.3. The van der Waals surface area contributed by atoms with E-state index in [9.17, 15) is 4.79 Å². The molecule has 0 saturated heterocycles. The summed E-state index contributed by atoms with van der Waals surface area (Å²) in [4.78, 5) is 21.0. The molecule has 134 valence electrons. The topological polar surface area (TPSA) is 84.7 Å². The smallest absolute Gasteiger partial charge is 0.320 e. The van der Waals surface area contributed by atoms with Gasteiger partial charge in [0.15, 0.2) is 0 Å². The highest BCUT2D eigenvalue weighted by Gasteiger charge is 2.31. The van der Waals surface area contributed by atoms with E-state index in [1.165, 1.54) is 12.8 Å². The van der Waals surface area contributed by atoms with E-state index in [0.29, 0.717) is 24.9 Å². The summed E-state index contributed by atoms with van der Waals surface area (Å²) >= 11 is 0. The van der Waals surface area contributed by atoms with Crippen molar-refractivity contribution >= 4 is 11.8 Å². The molecule has 0 radical (unpaired) electrons. The highest BCUT2D eigenvalue weighted by atomic mass is 16.2. The number of carbonyl (C=O) groups is 1. The van der Waals surface area contributed by atoms with Gasteiger partial charge in [-0.2, -0.15) is 5.10 Å². The molecule has 3 rings (SSSR count). The molecule has 2 aromatic heterocycles. The molecular weight excluding hydrogens is 316 g/mol. The summed E-state index contributed by atoms with van der Waals surface area (Å²) in [5.74, 6) is 2.20. The average molecular weight is 342 g/mol. The Balaban J connectivity index is 1.55. The summed E-state index contributed by atoms with van der Waals surface area (Å²) in [5.41, 5.74) is 2.86. The SMILES string of the molecule is Cc1cc(C)nc(CCNC(=O)Nc2c(C)cnn2C(C)C2CC2)n1. The molecule has 0 aliphatic heterocycles. The third-order valence-electron chi connectivity index (χ3n) is 4.56. The third kappa shape index (κ3) is 4.35. The second-order valence-electron chi connectivity index (χ2n) is 6.90. The van der Waals surface area contributed by atoms with E-state index in [2.05, 4.69) is 32.6 Å². The number of carbonyl (C=O) groups excluding carboxylic acids is 1. The number of amides is 2. The monoisotopic (exact) mass is 342 g/mol. The van der Waals surface area contributed by atoms with Crippen molar-refractivity contribution in [3.63, 3.8) is 0 Å². The second kappa shape index (κ2) is 7.21. The normalized spacial score (nSPS) is 15.0. The number of nitrogens with zero attached hydrogens (tertiary/aromatic N) is 4. The zero-order chi connectivity index (χ0) is 18.0. The lowest BCUT2D eigenvalue weighted by Gasteiger charge is -2.16. The highest BCUT2D eigenvalue weighted by Crippen LogP contribution is 2.40. The van der Waals surface area contributed by atoms with Crippen molar-refractivity contribution in [2.24, 2.45) is 5.92 Å². The van der Waals surface area contributed by atoms with Gasteiger partial charge in [0, 0.05) is 29.9 Å². The van der Waals surface area contributed by atoms with Crippen LogP contribution < -0.4 is 10.6 Å². The quantitative estimate of drug-likeness (QED) is 0.845. The van der Waals surface area contributed by atoms with E-state index >= 15 is 0 Å². The minimum Gasteiger partial charge on any atom is -0.337 e. The fourth-order valence-corrected chi connectivity index (χ4v) is 3.04. The first-order chi connectivity index (χ1) is 11.9. The van der Waals surface area contributed by atoms with Crippen LogP contribution >= 0.6 is 0 Å². The lowest BCUT2D eigenvalue weighted by atomic mass is 10.2. The van der Waals surface area contributed by atoms with Crippen LogP contribution in [0.5, 0.6) is 0 Å². The summed E-state index contributed by atoms with van der Waals surface area (Å²) < 4.78 is 1.93. The second-order valence-corrected chi connectivity index (χ2v) is 6.90. The lowest BCUT2D eigenvalue weighted by Crippen LogP contribution is -2.32. The number of rotatable bonds is 6. The van der Waals surface area contributed by atoms with Gasteiger partial charge in [0.1, 0.15) is 11.6 Å². The molecule has 0 spiro atoms. The van der Waals surface area contributed by atoms with Crippen molar-refractivity contribution in [2.75, 3.05) is 11.9 Å². The van der Waals surface area contributed by atoms with E-state index < -0.39 is 0 Å².